The zero-order chi connectivity index (χ0) is 18.5. The van der Waals surface area contributed by atoms with Crippen molar-refractivity contribution < 1.29 is 14.6 Å². The number of hydrogen-bond donors (Lipinski definition) is 1. The van der Waals surface area contributed by atoms with Crippen molar-refractivity contribution in [2.24, 2.45) is 0 Å². The molecule has 26 heavy (non-hydrogen) atoms. The maximum Gasteiger partial charge on any atom is 0.307 e. The Morgan fingerprint density at radius 3 is 2.27 bits per heavy atom. The van der Waals surface area contributed by atoms with Gasteiger partial charge in [-0.15, -0.1) is 0 Å². The number of carboxylic acid groups (broad SMARTS) is 1. The molecule has 3 aromatic rings. The number of aliphatic carboxylic acids is 1. The monoisotopic (exact) mass is 346 g/mol. The van der Waals surface area contributed by atoms with Crippen molar-refractivity contribution in [3.05, 3.63) is 89.0 Å². The second-order valence-electron chi connectivity index (χ2n) is 6.47. The van der Waals surface area contributed by atoms with Crippen LogP contribution >= 0.6 is 0 Å². The Labute approximate surface area is 153 Å². The number of carbonyl (C=O) groups is 1. The molecule has 0 spiro atoms. The van der Waals surface area contributed by atoms with Crippen molar-refractivity contribution in [2.75, 3.05) is 0 Å². The van der Waals surface area contributed by atoms with E-state index in [4.69, 9.17) is 4.74 Å². The summed E-state index contributed by atoms with van der Waals surface area (Å²) in [6.07, 6.45) is -0.0667. The van der Waals surface area contributed by atoms with Crippen LogP contribution in [0.15, 0.2) is 66.7 Å². The smallest absolute Gasteiger partial charge is 0.307 e. The van der Waals surface area contributed by atoms with E-state index in [0.29, 0.717) is 17.9 Å². The molecule has 0 heterocycles. The van der Waals surface area contributed by atoms with Gasteiger partial charge in [-0.1, -0.05) is 54.6 Å². The lowest BCUT2D eigenvalue weighted by Gasteiger charge is -2.13. The first-order valence-electron chi connectivity index (χ1n) is 8.62. The third-order valence-electron chi connectivity index (χ3n) is 4.48. The Balaban J connectivity index is 1.89. The first kappa shape index (κ1) is 17.7. The number of benzene rings is 3. The summed E-state index contributed by atoms with van der Waals surface area (Å²) < 4.78 is 5.89. The van der Waals surface area contributed by atoms with Crippen molar-refractivity contribution in [3.63, 3.8) is 0 Å². The van der Waals surface area contributed by atoms with Gasteiger partial charge in [-0.3, -0.25) is 4.79 Å². The van der Waals surface area contributed by atoms with Crippen LogP contribution in [-0.2, 0) is 17.8 Å². The second kappa shape index (κ2) is 7.87. The maximum atomic E-state index is 11.3. The van der Waals surface area contributed by atoms with Gasteiger partial charge in [-0.2, -0.15) is 0 Å². The molecule has 3 heteroatoms. The summed E-state index contributed by atoms with van der Waals surface area (Å²) in [6, 6.07) is 21.9. The molecule has 0 unspecified atom stereocenters. The van der Waals surface area contributed by atoms with Gasteiger partial charge >= 0.3 is 5.97 Å². The van der Waals surface area contributed by atoms with Crippen molar-refractivity contribution in [3.8, 4) is 16.9 Å². The van der Waals surface area contributed by atoms with Crippen LogP contribution in [0.25, 0.3) is 11.1 Å². The molecule has 0 aliphatic rings. The number of aryl methyl sites for hydroxylation is 2. The number of hydrogen-bond acceptors (Lipinski definition) is 2. The Bertz CT molecular complexity index is 914. The van der Waals surface area contributed by atoms with Crippen LogP contribution in [0, 0.1) is 13.8 Å². The molecule has 0 saturated heterocycles. The van der Waals surface area contributed by atoms with Gasteiger partial charge in [0.2, 0.25) is 0 Å². The van der Waals surface area contributed by atoms with Crippen LogP contribution in [0.4, 0.5) is 0 Å². The molecular formula is C23H22O3. The van der Waals surface area contributed by atoms with E-state index in [1.165, 1.54) is 11.1 Å². The lowest BCUT2D eigenvalue weighted by Crippen LogP contribution is -2.04. The molecule has 0 saturated carbocycles. The summed E-state index contributed by atoms with van der Waals surface area (Å²) in [5, 5.41) is 9.26. The number of ether oxygens (including phenoxy) is 1. The summed E-state index contributed by atoms with van der Waals surface area (Å²) in [5.74, 6) is -0.254. The van der Waals surface area contributed by atoms with Gasteiger partial charge in [-0.25, -0.2) is 0 Å². The minimum atomic E-state index is -0.869. The molecule has 0 fully saturated rings. The molecule has 3 rings (SSSR count). The largest absolute Gasteiger partial charge is 0.489 e. The van der Waals surface area contributed by atoms with Gasteiger partial charge in [0.15, 0.2) is 0 Å². The molecule has 0 aliphatic heterocycles. The highest BCUT2D eigenvalue weighted by atomic mass is 16.5. The fourth-order valence-electron chi connectivity index (χ4n) is 2.86. The van der Waals surface area contributed by atoms with Crippen LogP contribution in [0.2, 0.25) is 0 Å². The highest BCUT2D eigenvalue weighted by molar-refractivity contribution is 5.74. The average molecular weight is 346 g/mol. The summed E-state index contributed by atoms with van der Waals surface area (Å²) in [7, 11) is 0. The highest BCUT2D eigenvalue weighted by Crippen LogP contribution is 2.29. The van der Waals surface area contributed by atoms with Crippen molar-refractivity contribution in [2.45, 2.75) is 26.9 Å². The molecule has 3 aromatic carbocycles. The second-order valence-corrected chi connectivity index (χ2v) is 6.47. The molecule has 0 radical (unpaired) electrons. The lowest BCUT2D eigenvalue weighted by molar-refractivity contribution is -0.136. The maximum absolute atomic E-state index is 11.3. The van der Waals surface area contributed by atoms with Crippen LogP contribution < -0.4 is 4.74 Å². The zero-order valence-electron chi connectivity index (χ0n) is 15.0. The molecule has 0 bridgehead atoms. The van der Waals surface area contributed by atoms with Crippen LogP contribution in [-0.4, -0.2) is 11.1 Å². The Morgan fingerprint density at radius 2 is 1.58 bits per heavy atom. The average Bonchev–Trinajstić information content (AvgIpc) is 2.63. The van der Waals surface area contributed by atoms with Gasteiger partial charge in [-0.05, 0) is 53.8 Å². The molecule has 3 nitrogen and oxygen atoms in total. The summed E-state index contributed by atoms with van der Waals surface area (Å²) in [4.78, 5) is 11.3. The third-order valence-corrected chi connectivity index (χ3v) is 4.48. The van der Waals surface area contributed by atoms with Crippen LogP contribution in [0.1, 0.15) is 22.3 Å². The molecular weight excluding hydrogens is 324 g/mol. The molecule has 0 aromatic heterocycles. The van der Waals surface area contributed by atoms with Crippen molar-refractivity contribution >= 4 is 5.97 Å². The molecule has 0 atom stereocenters. The molecule has 1 N–H and O–H groups in total. The summed E-state index contributed by atoms with van der Waals surface area (Å²) >= 11 is 0. The van der Waals surface area contributed by atoms with Gasteiger partial charge in [0.05, 0.1) is 6.42 Å². The molecule has 0 amide bonds. The van der Waals surface area contributed by atoms with E-state index in [1.54, 1.807) is 0 Å². The first-order valence-corrected chi connectivity index (χ1v) is 8.62. The van der Waals surface area contributed by atoms with E-state index in [9.17, 15) is 9.90 Å². The van der Waals surface area contributed by atoms with Gasteiger partial charge in [0, 0.05) is 5.56 Å². The van der Waals surface area contributed by atoms with E-state index < -0.39 is 5.97 Å². The SMILES string of the molecule is Cc1ccc(-c2ccc(OCc3ccccc3)c(CC(=O)O)c2)cc1C. The lowest BCUT2D eigenvalue weighted by atomic mass is 9.98. The highest BCUT2D eigenvalue weighted by Gasteiger charge is 2.11. The zero-order valence-corrected chi connectivity index (χ0v) is 15.0. The number of rotatable bonds is 6. The van der Waals surface area contributed by atoms with Crippen LogP contribution in [0.5, 0.6) is 5.75 Å². The van der Waals surface area contributed by atoms with E-state index in [1.807, 2.05) is 48.5 Å². The topological polar surface area (TPSA) is 46.5 Å². The van der Waals surface area contributed by atoms with Gasteiger partial charge in [0.1, 0.15) is 12.4 Å². The van der Waals surface area contributed by atoms with E-state index in [-0.39, 0.29) is 6.42 Å². The fourth-order valence-corrected chi connectivity index (χ4v) is 2.86. The normalized spacial score (nSPS) is 10.5. The minimum absolute atomic E-state index is 0.0667. The van der Waals surface area contributed by atoms with E-state index >= 15 is 0 Å². The predicted octanol–water partition coefficient (Wildman–Crippen LogP) is 5.18. The standard InChI is InChI=1S/C23H22O3/c1-16-8-9-19(12-17(16)2)20-10-11-22(21(13-20)14-23(24)25)26-15-18-6-4-3-5-7-18/h3-13H,14-15H2,1-2H3,(H,24,25). The molecule has 0 aliphatic carbocycles. The Hall–Kier alpha value is -3.07. The molecule has 132 valence electrons. The van der Waals surface area contributed by atoms with Gasteiger partial charge in [0.25, 0.3) is 0 Å². The Morgan fingerprint density at radius 1 is 0.885 bits per heavy atom. The van der Waals surface area contributed by atoms with Crippen LogP contribution in [0.3, 0.4) is 0 Å². The first-order chi connectivity index (χ1) is 12.5. The fraction of sp³-hybridized carbons (Fsp3) is 0.174. The van der Waals surface area contributed by atoms with Crippen molar-refractivity contribution in [1.29, 1.82) is 0 Å². The Kier molecular flexibility index (Phi) is 5.37. The van der Waals surface area contributed by atoms with E-state index in [2.05, 4.69) is 32.0 Å². The summed E-state index contributed by atoms with van der Waals surface area (Å²) in [6.45, 7) is 4.57. The quantitative estimate of drug-likeness (QED) is 0.669. The van der Waals surface area contributed by atoms with E-state index in [0.717, 1.165) is 16.7 Å². The van der Waals surface area contributed by atoms with Crippen molar-refractivity contribution in [1.82, 2.24) is 0 Å². The minimum Gasteiger partial charge on any atom is -0.489 e. The summed E-state index contributed by atoms with van der Waals surface area (Å²) in [5.41, 5.74) is 6.26. The van der Waals surface area contributed by atoms with Gasteiger partial charge < -0.3 is 9.84 Å². The predicted molar refractivity (Wildman–Crippen MR) is 103 cm³/mol. The number of carboxylic acids is 1. The third kappa shape index (κ3) is 4.31.